The second-order valence-electron chi connectivity index (χ2n) is 14.4. The number of hydrogen-bond acceptors (Lipinski definition) is 1. The summed E-state index contributed by atoms with van der Waals surface area (Å²) in [5.74, 6) is 0.960. The van der Waals surface area contributed by atoms with Crippen molar-refractivity contribution in [1.82, 2.24) is 4.57 Å². The minimum Gasteiger partial charge on any atom is -0.482 e. The Morgan fingerprint density at radius 1 is 0.620 bits per heavy atom. The minimum absolute atomic E-state index is 0.561. The van der Waals surface area contributed by atoms with Crippen molar-refractivity contribution in [1.29, 1.82) is 0 Å². The van der Waals surface area contributed by atoms with Crippen LogP contribution in [0.1, 0.15) is 29.2 Å². The SMILES string of the molecule is Cc1ccc(-c2cc(-c3cc4ccccc4n3C)c3ccc4c(-c5ccc(C)cc5)cc(C5(C)Cc6ccccc6O5)c5c#cc2c3c54)cc1. The van der Waals surface area contributed by atoms with Gasteiger partial charge in [0, 0.05) is 62.7 Å². The van der Waals surface area contributed by atoms with Gasteiger partial charge in [-0.2, -0.15) is 0 Å². The van der Waals surface area contributed by atoms with Gasteiger partial charge in [-0.15, -0.1) is 0 Å². The Kier molecular flexibility index (Phi) is 6.06. The third kappa shape index (κ3) is 4.17. The van der Waals surface area contributed by atoms with E-state index < -0.39 is 5.60 Å². The van der Waals surface area contributed by atoms with Crippen molar-refractivity contribution in [2.75, 3.05) is 0 Å². The van der Waals surface area contributed by atoms with Gasteiger partial charge in [0.2, 0.25) is 0 Å². The smallest absolute Gasteiger partial charge is 0.137 e. The molecule has 1 unspecified atom stereocenters. The van der Waals surface area contributed by atoms with Crippen LogP contribution in [0.3, 0.4) is 0 Å². The molecule has 0 amide bonds. The van der Waals surface area contributed by atoms with Crippen LogP contribution < -0.4 is 4.74 Å². The van der Waals surface area contributed by atoms with Gasteiger partial charge < -0.3 is 9.30 Å². The Bertz CT molecular complexity index is 2760. The van der Waals surface area contributed by atoms with E-state index in [1.807, 2.05) is 0 Å². The maximum absolute atomic E-state index is 6.89. The molecule has 10 rings (SSSR count). The van der Waals surface area contributed by atoms with Crippen molar-refractivity contribution in [3.8, 4) is 39.3 Å². The number of fused-ring (bicyclic) bond motifs is 2. The highest BCUT2D eigenvalue weighted by Gasteiger charge is 2.39. The highest BCUT2D eigenvalue weighted by atomic mass is 16.5. The lowest BCUT2D eigenvalue weighted by atomic mass is 9.80. The minimum atomic E-state index is -0.561. The van der Waals surface area contributed by atoms with Gasteiger partial charge in [-0.25, -0.2) is 0 Å². The molecule has 0 spiro atoms. The number of aromatic nitrogens is 1. The molecule has 8 aromatic carbocycles. The molecule has 238 valence electrons. The van der Waals surface area contributed by atoms with E-state index in [0.29, 0.717) is 0 Å². The van der Waals surface area contributed by atoms with Crippen molar-refractivity contribution < 1.29 is 4.74 Å². The summed E-state index contributed by atoms with van der Waals surface area (Å²) in [6, 6.07) is 54.2. The molecule has 1 aromatic heterocycles. The van der Waals surface area contributed by atoms with E-state index in [9.17, 15) is 0 Å². The molecule has 0 saturated carbocycles. The number of nitrogens with zero attached hydrogens (tertiary/aromatic N) is 1. The van der Waals surface area contributed by atoms with Gasteiger partial charge in [0.15, 0.2) is 0 Å². The predicted molar refractivity (Wildman–Crippen MR) is 208 cm³/mol. The molecule has 2 nitrogen and oxygen atoms in total. The first kappa shape index (κ1) is 28.9. The van der Waals surface area contributed by atoms with E-state index >= 15 is 0 Å². The first-order valence-corrected chi connectivity index (χ1v) is 17.4. The zero-order valence-corrected chi connectivity index (χ0v) is 28.7. The van der Waals surface area contributed by atoms with Crippen LogP contribution in [0, 0.1) is 26.0 Å². The molecule has 0 aliphatic carbocycles. The summed E-state index contributed by atoms with van der Waals surface area (Å²) in [6.45, 7) is 6.54. The van der Waals surface area contributed by atoms with Crippen LogP contribution in [0.25, 0.3) is 76.7 Å². The molecule has 1 aliphatic rings. The van der Waals surface area contributed by atoms with E-state index in [1.54, 1.807) is 0 Å². The van der Waals surface area contributed by atoms with Crippen molar-refractivity contribution in [3.63, 3.8) is 0 Å². The molecule has 0 radical (unpaired) electrons. The second kappa shape index (κ2) is 10.5. The third-order valence-corrected chi connectivity index (χ3v) is 11.1. The van der Waals surface area contributed by atoms with Crippen molar-refractivity contribution in [3.05, 3.63) is 162 Å². The van der Waals surface area contributed by atoms with Gasteiger partial charge in [0.05, 0.1) is 0 Å². The summed E-state index contributed by atoms with van der Waals surface area (Å²) in [5.41, 5.74) is 12.7. The standard InChI is InChI=1S/C48H35NO/c1-29-13-17-31(18-14-29)39-26-41(44-25-33-9-5-7-11-43(33)49(44)4)37-22-21-36-40(32-19-15-30(2)16-20-32)27-42(38-24-23-35(39)46(37)47(36)38)48(3)28-34-10-6-8-12-45(34)50-48/h5-22,25-27H,28H2,1-4H3. The average Bonchev–Trinajstić information content (AvgIpc) is 3.67. The molecule has 0 N–H and O–H groups in total. The number of hydrogen-bond donors (Lipinski definition) is 0. The molecule has 50 heavy (non-hydrogen) atoms. The summed E-state index contributed by atoms with van der Waals surface area (Å²) in [7, 11) is 2.19. The maximum Gasteiger partial charge on any atom is 0.137 e. The van der Waals surface area contributed by atoms with E-state index in [0.717, 1.165) is 28.5 Å². The summed E-state index contributed by atoms with van der Waals surface area (Å²) in [4.78, 5) is 0. The zero-order chi connectivity index (χ0) is 33.7. The Labute approximate surface area is 292 Å². The van der Waals surface area contributed by atoms with Gasteiger partial charge in [-0.3, -0.25) is 0 Å². The molecule has 2 heteroatoms. The fourth-order valence-corrected chi connectivity index (χ4v) is 8.46. The van der Waals surface area contributed by atoms with Gasteiger partial charge >= 0.3 is 0 Å². The molecule has 0 saturated heterocycles. The predicted octanol–water partition coefficient (Wildman–Crippen LogP) is 12.1. The van der Waals surface area contributed by atoms with Crippen molar-refractivity contribution in [2.45, 2.75) is 32.8 Å². The Morgan fingerprint density at radius 3 is 1.96 bits per heavy atom. The zero-order valence-electron chi connectivity index (χ0n) is 28.7. The average molecular weight is 642 g/mol. The molecular formula is C48H35NO. The van der Waals surface area contributed by atoms with Crippen LogP contribution in [0.15, 0.2) is 127 Å². The Morgan fingerprint density at radius 2 is 1.24 bits per heavy atom. The summed E-state index contributed by atoms with van der Waals surface area (Å²) in [6.07, 6.45) is 0.796. The van der Waals surface area contributed by atoms with E-state index in [1.165, 1.54) is 82.6 Å². The van der Waals surface area contributed by atoms with Crippen LogP contribution in [0.2, 0.25) is 0 Å². The highest BCUT2D eigenvalue weighted by molar-refractivity contribution is 6.29. The number of para-hydroxylation sites is 2. The quantitative estimate of drug-likeness (QED) is 0.174. The lowest BCUT2D eigenvalue weighted by Gasteiger charge is -2.28. The van der Waals surface area contributed by atoms with Crippen LogP contribution in [0.5, 0.6) is 5.75 Å². The van der Waals surface area contributed by atoms with E-state index in [4.69, 9.17) is 4.74 Å². The highest BCUT2D eigenvalue weighted by Crippen LogP contribution is 2.50. The van der Waals surface area contributed by atoms with Gasteiger partial charge in [0.25, 0.3) is 0 Å². The van der Waals surface area contributed by atoms with Crippen LogP contribution in [-0.4, -0.2) is 4.57 Å². The Balaban J connectivity index is 1.36. The largest absolute Gasteiger partial charge is 0.482 e. The number of aryl methyl sites for hydroxylation is 3. The van der Waals surface area contributed by atoms with Gasteiger partial charge in [-0.1, -0.05) is 120 Å². The molecule has 9 aromatic rings. The van der Waals surface area contributed by atoms with Crippen molar-refractivity contribution >= 4 is 43.2 Å². The molecule has 1 atom stereocenters. The first-order valence-electron chi connectivity index (χ1n) is 17.4. The van der Waals surface area contributed by atoms with Crippen LogP contribution in [-0.2, 0) is 19.1 Å². The lowest BCUT2D eigenvalue weighted by Crippen LogP contribution is -2.27. The van der Waals surface area contributed by atoms with E-state index in [-0.39, 0.29) is 0 Å². The molecular weight excluding hydrogens is 607 g/mol. The number of rotatable bonds is 4. The maximum atomic E-state index is 6.89. The summed E-state index contributed by atoms with van der Waals surface area (Å²) >= 11 is 0. The number of ether oxygens (including phenoxy) is 1. The van der Waals surface area contributed by atoms with Crippen LogP contribution in [0.4, 0.5) is 0 Å². The summed E-state index contributed by atoms with van der Waals surface area (Å²) < 4.78 is 9.23. The van der Waals surface area contributed by atoms with E-state index in [2.05, 4.69) is 172 Å². The van der Waals surface area contributed by atoms with Crippen molar-refractivity contribution in [2.24, 2.45) is 7.05 Å². The number of benzene rings is 7. The van der Waals surface area contributed by atoms with Crippen LogP contribution >= 0.6 is 0 Å². The molecule has 0 fully saturated rings. The summed E-state index contributed by atoms with van der Waals surface area (Å²) in [5, 5.41) is 8.30. The first-order chi connectivity index (χ1) is 24.4. The Hall–Kier alpha value is -6.04. The molecule has 0 bridgehead atoms. The topological polar surface area (TPSA) is 14.2 Å². The third-order valence-electron chi connectivity index (χ3n) is 11.1. The molecule has 1 aliphatic heterocycles. The monoisotopic (exact) mass is 641 g/mol. The normalized spacial score (nSPS) is 15.6. The lowest BCUT2D eigenvalue weighted by molar-refractivity contribution is 0.117. The van der Waals surface area contributed by atoms with Gasteiger partial charge in [-0.05, 0) is 89.7 Å². The molecule has 2 heterocycles. The second-order valence-corrected chi connectivity index (χ2v) is 14.4. The van der Waals surface area contributed by atoms with Gasteiger partial charge in [0.1, 0.15) is 11.4 Å². The fraction of sp³-hybridized carbons (Fsp3) is 0.125. The fourth-order valence-electron chi connectivity index (χ4n) is 8.46.